The molecule has 0 amide bonds. The van der Waals surface area contributed by atoms with Crippen LogP contribution in [-0.2, 0) is 4.74 Å². The number of likely N-dealkylation sites (N-methyl/N-ethyl adjacent to an activating group) is 1. The lowest BCUT2D eigenvalue weighted by Crippen LogP contribution is -2.34. The number of nitrogens with zero attached hydrogens (tertiary/aromatic N) is 3. The molecule has 1 unspecified atom stereocenters. The highest BCUT2D eigenvalue weighted by molar-refractivity contribution is 5.44. The van der Waals surface area contributed by atoms with Crippen molar-refractivity contribution in [1.29, 1.82) is 0 Å². The van der Waals surface area contributed by atoms with Gasteiger partial charge in [0.25, 0.3) is 0 Å². The molecule has 1 aliphatic heterocycles. The third kappa shape index (κ3) is 4.06. The molecule has 1 N–H and O–H groups in total. The molecule has 1 aliphatic rings. The summed E-state index contributed by atoms with van der Waals surface area (Å²) in [5.74, 6) is 1.66. The van der Waals surface area contributed by atoms with Gasteiger partial charge in [-0.2, -0.15) is 4.98 Å². The van der Waals surface area contributed by atoms with Gasteiger partial charge in [0.2, 0.25) is 5.95 Å². The minimum absolute atomic E-state index is 0.330. The largest absolute Gasteiger partial charge is 0.376 e. The van der Waals surface area contributed by atoms with Crippen molar-refractivity contribution in [3.63, 3.8) is 0 Å². The number of aryl methyl sites for hydroxylation is 1. The zero-order valence-corrected chi connectivity index (χ0v) is 12.1. The van der Waals surface area contributed by atoms with Crippen molar-refractivity contribution in [1.82, 2.24) is 9.97 Å². The minimum atomic E-state index is 0.330. The molecule has 1 aromatic rings. The van der Waals surface area contributed by atoms with Gasteiger partial charge < -0.3 is 15.0 Å². The van der Waals surface area contributed by atoms with Crippen LogP contribution in [0.5, 0.6) is 0 Å². The molecule has 1 aromatic heterocycles. The number of aromatic nitrogens is 2. The molecule has 0 aliphatic carbocycles. The van der Waals surface area contributed by atoms with E-state index in [1.54, 1.807) is 0 Å². The van der Waals surface area contributed by atoms with E-state index >= 15 is 0 Å². The summed E-state index contributed by atoms with van der Waals surface area (Å²) in [5, 5.41) is 3.17. The van der Waals surface area contributed by atoms with Crippen molar-refractivity contribution in [2.45, 2.75) is 39.2 Å². The molecule has 106 valence electrons. The van der Waals surface area contributed by atoms with E-state index in [0.717, 1.165) is 37.6 Å². The van der Waals surface area contributed by atoms with Crippen LogP contribution in [0.2, 0.25) is 0 Å². The van der Waals surface area contributed by atoms with Crippen molar-refractivity contribution in [2.24, 2.45) is 0 Å². The molecular formula is C14H24N4O. The Hall–Kier alpha value is -1.36. The fraction of sp³-hybridized carbons (Fsp3) is 0.714. The van der Waals surface area contributed by atoms with Gasteiger partial charge in [0.1, 0.15) is 5.82 Å². The number of ether oxygens (including phenoxy) is 1. The van der Waals surface area contributed by atoms with E-state index in [-0.39, 0.29) is 0 Å². The predicted octanol–water partition coefficient (Wildman–Crippen LogP) is 2.22. The maximum Gasteiger partial charge on any atom is 0.224 e. The summed E-state index contributed by atoms with van der Waals surface area (Å²) in [6, 6.07) is 2.02. The smallest absolute Gasteiger partial charge is 0.224 e. The molecule has 0 radical (unpaired) electrons. The number of hydrogen-bond acceptors (Lipinski definition) is 5. The van der Waals surface area contributed by atoms with Gasteiger partial charge in [-0.3, -0.25) is 0 Å². The van der Waals surface area contributed by atoms with Crippen molar-refractivity contribution < 1.29 is 4.74 Å². The first-order valence-corrected chi connectivity index (χ1v) is 7.11. The summed E-state index contributed by atoms with van der Waals surface area (Å²) in [6.45, 7) is 6.66. The van der Waals surface area contributed by atoms with Gasteiger partial charge in [-0.25, -0.2) is 4.98 Å². The molecule has 0 saturated carbocycles. The third-order valence-electron chi connectivity index (χ3n) is 3.32. The molecule has 1 saturated heterocycles. The second-order valence-electron chi connectivity index (χ2n) is 5.09. The standard InChI is InChI=1S/C14H24N4O/c1-4-15-14-16-11(2)9-13(17-14)18(3)10-12-7-5-6-8-19-12/h9,12H,4-8,10H2,1-3H3,(H,15,16,17). The van der Waals surface area contributed by atoms with Gasteiger partial charge in [0.05, 0.1) is 6.10 Å². The summed E-state index contributed by atoms with van der Waals surface area (Å²) >= 11 is 0. The fourth-order valence-corrected chi connectivity index (χ4v) is 2.34. The van der Waals surface area contributed by atoms with E-state index in [0.29, 0.717) is 12.1 Å². The van der Waals surface area contributed by atoms with Gasteiger partial charge in [0.15, 0.2) is 0 Å². The van der Waals surface area contributed by atoms with Crippen LogP contribution in [0.4, 0.5) is 11.8 Å². The molecule has 1 atom stereocenters. The first-order chi connectivity index (χ1) is 9.19. The summed E-state index contributed by atoms with van der Waals surface area (Å²) in [7, 11) is 2.06. The first kappa shape index (κ1) is 14.1. The second kappa shape index (κ2) is 6.70. The minimum Gasteiger partial charge on any atom is -0.376 e. The number of rotatable bonds is 5. The molecule has 0 aromatic carbocycles. The van der Waals surface area contributed by atoms with E-state index in [2.05, 4.69) is 27.2 Å². The van der Waals surface area contributed by atoms with Crippen LogP contribution in [0.1, 0.15) is 31.9 Å². The van der Waals surface area contributed by atoms with Crippen molar-refractivity contribution in [3.8, 4) is 0 Å². The first-order valence-electron chi connectivity index (χ1n) is 7.11. The topological polar surface area (TPSA) is 50.3 Å². The Balaban J connectivity index is 2.02. The quantitative estimate of drug-likeness (QED) is 0.883. The van der Waals surface area contributed by atoms with E-state index in [4.69, 9.17) is 4.74 Å². The molecule has 5 nitrogen and oxygen atoms in total. The Morgan fingerprint density at radius 1 is 1.42 bits per heavy atom. The number of hydrogen-bond donors (Lipinski definition) is 1. The van der Waals surface area contributed by atoms with Gasteiger partial charge in [0, 0.05) is 38.5 Å². The Morgan fingerprint density at radius 2 is 2.26 bits per heavy atom. The lowest BCUT2D eigenvalue weighted by molar-refractivity contribution is 0.0215. The molecule has 0 bridgehead atoms. The van der Waals surface area contributed by atoms with E-state index in [9.17, 15) is 0 Å². The highest BCUT2D eigenvalue weighted by Crippen LogP contribution is 2.18. The van der Waals surface area contributed by atoms with Crippen molar-refractivity contribution in [3.05, 3.63) is 11.8 Å². The maximum atomic E-state index is 5.78. The zero-order chi connectivity index (χ0) is 13.7. The molecule has 1 fully saturated rings. The highest BCUT2D eigenvalue weighted by Gasteiger charge is 2.17. The third-order valence-corrected chi connectivity index (χ3v) is 3.32. The van der Waals surface area contributed by atoms with Crippen LogP contribution in [0.15, 0.2) is 6.07 Å². The summed E-state index contributed by atoms with van der Waals surface area (Å²) < 4.78 is 5.78. The molecule has 0 spiro atoms. The zero-order valence-electron chi connectivity index (χ0n) is 12.1. The molecule has 5 heteroatoms. The van der Waals surface area contributed by atoms with Crippen LogP contribution in [0, 0.1) is 6.92 Å². The van der Waals surface area contributed by atoms with Crippen molar-refractivity contribution in [2.75, 3.05) is 37.0 Å². The Bertz CT molecular complexity index is 404. The lowest BCUT2D eigenvalue weighted by Gasteiger charge is -2.28. The fourth-order valence-electron chi connectivity index (χ4n) is 2.34. The van der Waals surface area contributed by atoms with Crippen molar-refractivity contribution >= 4 is 11.8 Å². The Labute approximate surface area is 115 Å². The molecular weight excluding hydrogens is 240 g/mol. The van der Waals surface area contributed by atoms with Gasteiger partial charge >= 0.3 is 0 Å². The van der Waals surface area contributed by atoms with Crippen LogP contribution in [-0.4, -0.2) is 42.8 Å². The maximum absolute atomic E-state index is 5.78. The average molecular weight is 264 g/mol. The van der Waals surface area contributed by atoms with Gasteiger partial charge in [-0.05, 0) is 33.1 Å². The average Bonchev–Trinajstić information content (AvgIpc) is 2.39. The normalized spacial score (nSPS) is 19.2. The predicted molar refractivity (Wildman–Crippen MR) is 77.8 cm³/mol. The molecule has 2 rings (SSSR count). The second-order valence-corrected chi connectivity index (χ2v) is 5.09. The van der Waals surface area contributed by atoms with Crippen LogP contribution in [0.3, 0.4) is 0 Å². The summed E-state index contributed by atoms with van der Waals surface area (Å²) in [6.07, 6.45) is 3.94. The van der Waals surface area contributed by atoms with Crippen LogP contribution < -0.4 is 10.2 Å². The Morgan fingerprint density at radius 3 is 2.95 bits per heavy atom. The highest BCUT2D eigenvalue weighted by atomic mass is 16.5. The van der Waals surface area contributed by atoms with Crippen LogP contribution in [0.25, 0.3) is 0 Å². The lowest BCUT2D eigenvalue weighted by atomic mass is 10.1. The molecule has 2 heterocycles. The number of anilines is 2. The van der Waals surface area contributed by atoms with E-state index in [1.165, 1.54) is 12.8 Å². The van der Waals surface area contributed by atoms with Gasteiger partial charge in [-0.1, -0.05) is 0 Å². The molecule has 19 heavy (non-hydrogen) atoms. The van der Waals surface area contributed by atoms with E-state index in [1.807, 2.05) is 19.9 Å². The number of nitrogens with one attached hydrogen (secondary N) is 1. The monoisotopic (exact) mass is 264 g/mol. The SMILES string of the molecule is CCNc1nc(C)cc(N(C)CC2CCCCO2)n1. The van der Waals surface area contributed by atoms with Crippen LogP contribution >= 0.6 is 0 Å². The van der Waals surface area contributed by atoms with Gasteiger partial charge in [-0.15, -0.1) is 0 Å². The Kier molecular flexibility index (Phi) is 4.96. The summed E-state index contributed by atoms with van der Waals surface area (Å²) in [5.41, 5.74) is 0.984. The van der Waals surface area contributed by atoms with E-state index < -0.39 is 0 Å². The summed E-state index contributed by atoms with van der Waals surface area (Å²) in [4.78, 5) is 11.1.